The Balaban J connectivity index is 2.33. The van der Waals surface area contributed by atoms with Crippen LogP contribution in [0.25, 0.3) is 0 Å². The molecule has 3 heteroatoms. The largest absolute Gasteiger partial charge is 0.360 e. The summed E-state index contributed by atoms with van der Waals surface area (Å²) in [6.45, 7) is 2.17. The molecule has 1 aliphatic rings. The molecule has 1 saturated carbocycles. The molecular formula is C13H18INO. The molecule has 1 aromatic carbocycles. The third-order valence-electron chi connectivity index (χ3n) is 3.17. The topological polar surface area (TPSA) is 21.3 Å². The minimum Gasteiger partial charge on any atom is -0.360 e. The first kappa shape index (κ1) is 12.3. The Morgan fingerprint density at radius 2 is 2.12 bits per heavy atom. The second kappa shape index (κ2) is 5.02. The first-order chi connectivity index (χ1) is 7.72. The average Bonchev–Trinajstić information content (AvgIpc) is 3.11. The van der Waals surface area contributed by atoms with Crippen LogP contribution in [0.1, 0.15) is 31.7 Å². The third kappa shape index (κ3) is 2.41. The van der Waals surface area contributed by atoms with Gasteiger partial charge in [-0.1, -0.05) is 25.1 Å². The number of methoxy groups -OCH3 is 1. The van der Waals surface area contributed by atoms with Gasteiger partial charge in [0.05, 0.1) is 0 Å². The van der Waals surface area contributed by atoms with Gasteiger partial charge in [-0.15, -0.1) is 0 Å². The Morgan fingerprint density at radius 3 is 2.62 bits per heavy atom. The Hall–Kier alpha value is -0.130. The van der Waals surface area contributed by atoms with Gasteiger partial charge < -0.3 is 4.74 Å². The lowest BCUT2D eigenvalue weighted by Gasteiger charge is -2.34. The molecule has 1 aliphatic carbocycles. The summed E-state index contributed by atoms with van der Waals surface area (Å²) in [6.07, 6.45) is 3.49. The standard InChI is InChI=1S/C13H18INO/c1-3-13(16-2,15-10-8-9-10)11-6-4-5-7-12(11)14/h4-7,10,15H,3,8-9H2,1-2H3/t13-/m0/s1. The van der Waals surface area contributed by atoms with Gasteiger partial charge in [-0.25, -0.2) is 0 Å². The number of nitrogens with one attached hydrogen (secondary N) is 1. The van der Waals surface area contributed by atoms with Gasteiger partial charge in [-0.05, 0) is 47.9 Å². The molecule has 88 valence electrons. The zero-order chi connectivity index (χ0) is 11.6. The zero-order valence-corrected chi connectivity index (χ0v) is 12.0. The fraction of sp³-hybridized carbons (Fsp3) is 0.538. The maximum absolute atomic E-state index is 5.79. The molecule has 0 amide bonds. The number of benzene rings is 1. The summed E-state index contributed by atoms with van der Waals surface area (Å²) in [5.74, 6) is 0. The summed E-state index contributed by atoms with van der Waals surface area (Å²) in [5.41, 5.74) is 0.950. The molecule has 16 heavy (non-hydrogen) atoms. The van der Waals surface area contributed by atoms with E-state index in [4.69, 9.17) is 4.74 Å². The second-order valence-corrected chi connectivity index (χ2v) is 5.45. The summed E-state index contributed by atoms with van der Waals surface area (Å²) in [6, 6.07) is 9.07. The van der Waals surface area contributed by atoms with Crippen molar-refractivity contribution in [1.29, 1.82) is 0 Å². The number of halogens is 1. The number of hydrogen-bond acceptors (Lipinski definition) is 2. The lowest BCUT2D eigenvalue weighted by atomic mass is 9.99. The fourth-order valence-electron chi connectivity index (χ4n) is 2.03. The van der Waals surface area contributed by atoms with Crippen LogP contribution in [0.15, 0.2) is 24.3 Å². The van der Waals surface area contributed by atoms with Gasteiger partial charge in [0.15, 0.2) is 0 Å². The minimum atomic E-state index is -0.307. The first-order valence-electron chi connectivity index (χ1n) is 5.79. The quantitative estimate of drug-likeness (QED) is 0.661. The van der Waals surface area contributed by atoms with Gasteiger partial charge in [0, 0.05) is 22.3 Å². The van der Waals surface area contributed by atoms with Crippen molar-refractivity contribution < 1.29 is 4.74 Å². The van der Waals surface area contributed by atoms with Gasteiger partial charge in [0.2, 0.25) is 0 Å². The van der Waals surface area contributed by atoms with Crippen LogP contribution in [-0.2, 0) is 10.5 Å². The molecule has 0 aliphatic heterocycles. The molecule has 0 spiro atoms. The Bertz CT molecular complexity index is 359. The lowest BCUT2D eigenvalue weighted by Crippen LogP contribution is -2.45. The number of rotatable bonds is 5. The van der Waals surface area contributed by atoms with Gasteiger partial charge in [-0.3, -0.25) is 5.32 Å². The highest BCUT2D eigenvalue weighted by Crippen LogP contribution is 2.34. The predicted octanol–water partition coefficient (Wildman–Crippen LogP) is 3.25. The molecular weight excluding hydrogens is 313 g/mol. The molecule has 1 fully saturated rings. The van der Waals surface area contributed by atoms with E-state index >= 15 is 0 Å². The van der Waals surface area contributed by atoms with E-state index in [1.807, 2.05) is 0 Å². The summed E-state index contributed by atoms with van der Waals surface area (Å²) in [7, 11) is 1.79. The predicted molar refractivity (Wildman–Crippen MR) is 74.3 cm³/mol. The minimum absolute atomic E-state index is 0.307. The summed E-state index contributed by atoms with van der Waals surface area (Å²) in [5, 5.41) is 3.63. The van der Waals surface area contributed by atoms with E-state index in [2.05, 4.69) is 59.1 Å². The van der Waals surface area contributed by atoms with Crippen molar-refractivity contribution in [3.8, 4) is 0 Å². The maximum Gasteiger partial charge on any atom is 0.145 e. The van der Waals surface area contributed by atoms with Crippen molar-refractivity contribution in [2.24, 2.45) is 0 Å². The van der Waals surface area contributed by atoms with E-state index in [0.29, 0.717) is 6.04 Å². The van der Waals surface area contributed by atoms with E-state index in [1.54, 1.807) is 7.11 Å². The molecule has 0 bridgehead atoms. The van der Waals surface area contributed by atoms with E-state index in [0.717, 1.165) is 6.42 Å². The van der Waals surface area contributed by atoms with Crippen LogP contribution in [0.3, 0.4) is 0 Å². The average molecular weight is 331 g/mol. The van der Waals surface area contributed by atoms with Crippen LogP contribution < -0.4 is 5.32 Å². The van der Waals surface area contributed by atoms with Crippen molar-refractivity contribution >= 4 is 22.6 Å². The molecule has 2 nitrogen and oxygen atoms in total. The van der Waals surface area contributed by atoms with E-state index in [-0.39, 0.29) is 5.72 Å². The van der Waals surface area contributed by atoms with E-state index in [9.17, 15) is 0 Å². The van der Waals surface area contributed by atoms with Gasteiger partial charge in [-0.2, -0.15) is 0 Å². The van der Waals surface area contributed by atoms with Gasteiger partial charge >= 0.3 is 0 Å². The summed E-state index contributed by atoms with van der Waals surface area (Å²) < 4.78 is 7.05. The highest BCUT2D eigenvalue weighted by molar-refractivity contribution is 14.1. The van der Waals surface area contributed by atoms with Crippen LogP contribution >= 0.6 is 22.6 Å². The molecule has 1 N–H and O–H groups in total. The van der Waals surface area contributed by atoms with Crippen LogP contribution in [0, 0.1) is 3.57 Å². The molecule has 2 rings (SSSR count). The number of ether oxygens (including phenoxy) is 1. The zero-order valence-electron chi connectivity index (χ0n) is 9.79. The van der Waals surface area contributed by atoms with E-state index < -0.39 is 0 Å². The van der Waals surface area contributed by atoms with Crippen molar-refractivity contribution in [2.75, 3.05) is 7.11 Å². The van der Waals surface area contributed by atoms with Crippen molar-refractivity contribution in [1.82, 2.24) is 5.32 Å². The van der Waals surface area contributed by atoms with E-state index in [1.165, 1.54) is 22.0 Å². The van der Waals surface area contributed by atoms with Gasteiger partial charge in [0.1, 0.15) is 5.72 Å². The normalized spacial score (nSPS) is 19.4. The van der Waals surface area contributed by atoms with Crippen LogP contribution in [0.5, 0.6) is 0 Å². The maximum atomic E-state index is 5.79. The Morgan fingerprint density at radius 1 is 1.44 bits per heavy atom. The van der Waals surface area contributed by atoms with Gasteiger partial charge in [0.25, 0.3) is 0 Å². The van der Waals surface area contributed by atoms with Crippen molar-refractivity contribution in [3.05, 3.63) is 33.4 Å². The summed E-state index contributed by atoms with van der Waals surface area (Å²) in [4.78, 5) is 0. The summed E-state index contributed by atoms with van der Waals surface area (Å²) >= 11 is 2.38. The monoisotopic (exact) mass is 331 g/mol. The molecule has 0 heterocycles. The van der Waals surface area contributed by atoms with Crippen LogP contribution in [-0.4, -0.2) is 13.2 Å². The fourth-order valence-corrected chi connectivity index (χ4v) is 2.85. The second-order valence-electron chi connectivity index (χ2n) is 4.28. The Labute approximate surface area is 111 Å². The number of hydrogen-bond donors (Lipinski definition) is 1. The highest BCUT2D eigenvalue weighted by Gasteiger charge is 2.37. The highest BCUT2D eigenvalue weighted by atomic mass is 127. The molecule has 0 aromatic heterocycles. The van der Waals surface area contributed by atoms with Crippen molar-refractivity contribution in [2.45, 2.75) is 38.0 Å². The third-order valence-corrected chi connectivity index (χ3v) is 4.11. The first-order valence-corrected chi connectivity index (χ1v) is 6.87. The molecule has 0 radical (unpaired) electrons. The van der Waals surface area contributed by atoms with Crippen LogP contribution in [0.2, 0.25) is 0 Å². The molecule has 1 atom stereocenters. The van der Waals surface area contributed by atoms with Crippen molar-refractivity contribution in [3.63, 3.8) is 0 Å². The molecule has 1 aromatic rings. The smallest absolute Gasteiger partial charge is 0.145 e. The SMILES string of the molecule is CC[C@](NC1CC1)(OC)c1ccccc1I. The molecule has 0 saturated heterocycles. The Kier molecular flexibility index (Phi) is 3.87. The molecule has 0 unspecified atom stereocenters. The lowest BCUT2D eigenvalue weighted by molar-refractivity contribution is -0.0508. The van der Waals surface area contributed by atoms with Crippen LogP contribution in [0.4, 0.5) is 0 Å².